The van der Waals surface area contributed by atoms with Crippen molar-refractivity contribution in [2.45, 2.75) is 245 Å². The summed E-state index contributed by atoms with van der Waals surface area (Å²) >= 11 is 0. The first kappa shape index (κ1) is 111. The van der Waals surface area contributed by atoms with Gasteiger partial charge >= 0.3 is 39.6 Å². The van der Waals surface area contributed by atoms with Gasteiger partial charge in [0.2, 0.25) is 11.8 Å². The third-order valence-electron chi connectivity index (χ3n) is 26.1. The van der Waals surface area contributed by atoms with Crippen LogP contribution < -0.4 is 24.3 Å². The predicted molar refractivity (Wildman–Crippen MR) is 553 cm³/mol. The van der Waals surface area contributed by atoms with Gasteiger partial charge in [-0.3, -0.25) is 24.5 Å². The molecular formula is C112H149N26O2Os2+3. The summed E-state index contributed by atoms with van der Waals surface area (Å²) in [6.07, 6.45) is 80.0. The summed E-state index contributed by atoms with van der Waals surface area (Å²) in [5, 5.41) is 6.35. The Bertz CT molecular complexity index is 5790. The zero-order valence-electron chi connectivity index (χ0n) is 85.7. The summed E-state index contributed by atoms with van der Waals surface area (Å²) in [5.41, 5.74) is 9.90. The molecule has 0 fully saturated rings. The SMILES string of the molecule is CCCCCC[n+]1ccc(C(C)CC(CC(CC(CC)c2cc[n+](CCCCCC(=O)NCCCCCCn3ccnc3-c3[c-]c(C)ccc3)cc2)c2cc[n+](CCCCCC(=O)NCCCCCCn3ccnc3-c3[c-]c(C)ccc3)cc2)c2ccncc2)cc1.Cn1ccnc1-c1nccn1C.Cn1ccnc1-c1nccn1C.Cn1ccnc1-c1nccn1C.Cn1ccnc1-c1nccn1C.[Os+].[Os+]. The second-order valence-corrected chi connectivity index (χ2v) is 37.0. The van der Waals surface area contributed by atoms with Crippen molar-refractivity contribution in [1.29, 1.82) is 0 Å². The van der Waals surface area contributed by atoms with E-state index in [1.165, 1.54) is 47.9 Å². The molecule has 0 bridgehead atoms. The van der Waals surface area contributed by atoms with E-state index in [2.05, 4.69) is 270 Å². The fourth-order valence-corrected chi connectivity index (χ4v) is 17.8. The fourth-order valence-electron chi connectivity index (χ4n) is 17.8. The number of aryl methyl sites for hydroxylation is 15. The quantitative estimate of drug-likeness (QED) is 0.0204. The molecule has 752 valence electrons. The molecule has 0 saturated carbocycles. The van der Waals surface area contributed by atoms with E-state index in [1.54, 1.807) is 49.6 Å². The van der Waals surface area contributed by atoms with Crippen LogP contribution in [-0.4, -0.2) is 125 Å². The van der Waals surface area contributed by atoms with Gasteiger partial charge in [-0.25, -0.2) is 53.6 Å². The van der Waals surface area contributed by atoms with Crippen LogP contribution in [0.1, 0.15) is 232 Å². The number of nitrogens with one attached hydrogen (secondary N) is 2. The molecule has 14 heterocycles. The number of hydrogen-bond donors (Lipinski definition) is 2. The van der Waals surface area contributed by atoms with Gasteiger partial charge in [0, 0.05) is 287 Å². The first-order valence-corrected chi connectivity index (χ1v) is 50.5. The fraction of sp³-hybridized carbons (Fsp3) is 0.429. The minimum atomic E-state index is 0. The molecule has 16 aromatic rings. The van der Waals surface area contributed by atoms with Gasteiger partial charge in [-0.2, -0.15) is 0 Å². The minimum absolute atomic E-state index is 0. The normalized spacial score (nSPS) is 11.8. The van der Waals surface area contributed by atoms with E-state index < -0.39 is 0 Å². The molecule has 2 aromatic carbocycles. The molecule has 142 heavy (non-hydrogen) atoms. The molecule has 0 aliphatic carbocycles. The third kappa shape index (κ3) is 34.9. The Morgan fingerprint density at radius 1 is 0.317 bits per heavy atom. The average Bonchev–Trinajstić information content (AvgIpc) is 1.47. The Kier molecular flexibility index (Phi) is 47.0. The van der Waals surface area contributed by atoms with Crippen LogP contribution in [0, 0.1) is 26.0 Å². The second kappa shape index (κ2) is 59.9. The van der Waals surface area contributed by atoms with Crippen molar-refractivity contribution < 1.29 is 62.9 Å². The number of aromatic nitrogens is 24. The zero-order chi connectivity index (χ0) is 98.6. The molecular weight excluding hydrogens is 2120 g/mol. The molecule has 4 unspecified atom stereocenters. The van der Waals surface area contributed by atoms with Crippen LogP contribution in [0.15, 0.2) is 258 Å². The zero-order valence-corrected chi connectivity index (χ0v) is 90.8. The second-order valence-electron chi connectivity index (χ2n) is 37.0. The van der Waals surface area contributed by atoms with Gasteiger partial charge in [0.15, 0.2) is 83.8 Å². The summed E-state index contributed by atoms with van der Waals surface area (Å²) in [6.45, 7) is 17.5. The van der Waals surface area contributed by atoms with Crippen LogP contribution >= 0.6 is 0 Å². The topological polar surface area (TPSA) is 261 Å². The summed E-state index contributed by atoms with van der Waals surface area (Å²) in [6, 6.07) is 38.0. The van der Waals surface area contributed by atoms with Gasteiger partial charge in [-0.15, -0.1) is 70.8 Å². The maximum atomic E-state index is 12.8. The van der Waals surface area contributed by atoms with Crippen LogP contribution in [0.2, 0.25) is 0 Å². The van der Waals surface area contributed by atoms with Gasteiger partial charge < -0.3 is 56.3 Å². The van der Waals surface area contributed by atoms with E-state index in [4.69, 9.17) is 0 Å². The number of hydrogen-bond acceptors (Lipinski definition) is 13. The minimum Gasteiger partial charge on any atom is -0.371 e. The van der Waals surface area contributed by atoms with E-state index in [-0.39, 0.29) is 51.4 Å². The average molecular weight is 2270 g/mol. The maximum Gasteiger partial charge on any atom is 1.00 e. The van der Waals surface area contributed by atoms with Crippen molar-refractivity contribution in [3.63, 3.8) is 0 Å². The number of unbranched alkanes of at least 4 members (excludes halogenated alkanes) is 13. The van der Waals surface area contributed by atoms with E-state index in [0.717, 1.165) is 242 Å². The van der Waals surface area contributed by atoms with Crippen LogP contribution in [0.5, 0.6) is 0 Å². The molecule has 2 radical (unpaired) electrons. The van der Waals surface area contributed by atoms with Crippen LogP contribution in [-0.2, 0) is 138 Å². The first-order valence-electron chi connectivity index (χ1n) is 50.5. The molecule has 2 amide bonds. The maximum absolute atomic E-state index is 12.8. The van der Waals surface area contributed by atoms with E-state index >= 15 is 0 Å². The van der Waals surface area contributed by atoms with Gasteiger partial charge in [0.25, 0.3) is 0 Å². The molecule has 0 saturated heterocycles. The Hall–Kier alpha value is -12.6. The molecule has 30 heteroatoms. The Morgan fingerprint density at radius 3 is 0.930 bits per heavy atom. The van der Waals surface area contributed by atoms with Crippen molar-refractivity contribution >= 4 is 11.8 Å². The molecule has 16 rings (SSSR count). The molecule has 2 N–H and O–H groups in total. The van der Waals surface area contributed by atoms with Crippen LogP contribution in [0.4, 0.5) is 0 Å². The number of carbonyl (C=O) groups excluding carboxylic acids is 2. The summed E-state index contributed by atoms with van der Waals surface area (Å²) in [7, 11) is 15.6. The summed E-state index contributed by atoms with van der Waals surface area (Å²) in [4.78, 5) is 72.8. The Labute approximate surface area is 867 Å². The summed E-state index contributed by atoms with van der Waals surface area (Å²) < 4.78 is 27.0. The largest absolute Gasteiger partial charge is 1.00 e. The van der Waals surface area contributed by atoms with E-state index in [0.29, 0.717) is 36.5 Å². The van der Waals surface area contributed by atoms with Crippen molar-refractivity contribution in [3.8, 4) is 69.4 Å². The van der Waals surface area contributed by atoms with Crippen molar-refractivity contribution in [2.75, 3.05) is 13.1 Å². The monoisotopic (exact) mass is 2270 g/mol. The van der Waals surface area contributed by atoms with E-state index in [9.17, 15) is 9.59 Å². The van der Waals surface area contributed by atoms with Gasteiger partial charge in [0.1, 0.15) is 19.6 Å². The molecule has 14 aromatic heterocycles. The van der Waals surface area contributed by atoms with Gasteiger partial charge in [-0.05, 0) is 142 Å². The van der Waals surface area contributed by atoms with Crippen molar-refractivity contribution in [3.05, 3.63) is 304 Å². The van der Waals surface area contributed by atoms with Crippen LogP contribution in [0.3, 0.4) is 0 Å². The number of nitrogens with zero attached hydrogens (tertiary/aromatic N) is 24. The molecule has 4 atom stereocenters. The third-order valence-corrected chi connectivity index (χ3v) is 26.1. The number of pyridine rings is 4. The summed E-state index contributed by atoms with van der Waals surface area (Å²) in [5.74, 6) is 10.9. The smallest absolute Gasteiger partial charge is 0.371 e. The van der Waals surface area contributed by atoms with Gasteiger partial charge in [0.05, 0.1) is 11.6 Å². The molecule has 0 aliphatic rings. The number of amides is 2. The number of benzene rings is 2. The Balaban J connectivity index is 0.000000327. The van der Waals surface area contributed by atoms with Crippen molar-refractivity contribution in [1.82, 2.24) is 111 Å². The predicted octanol–water partition coefficient (Wildman–Crippen LogP) is 19.7. The molecule has 0 aliphatic heterocycles. The number of rotatable bonds is 48. The van der Waals surface area contributed by atoms with E-state index in [1.807, 2.05) is 167 Å². The number of imidazole rings is 10. The van der Waals surface area contributed by atoms with Crippen molar-refractivity contribution in [2.24, 2.45) is 56.4 Å². The molecule has 28 nitrogen and oxygen atoms in total. The van der Waals surface area contributed by atoms with Crippen LogP contribution in [0.25, 0.3) is 69.4 Å². The molecule has 0 spiro atoms. The van der Waals surface area contributed by atoms with Gasteiger partial charge in [-0.1, -0.05) is 73.1 Å². The Morgan fingerprint density at radius 2 is 0.606 bits per heavy atom. The first-order chi connectivity index (χ1) is 68.3. The standard InChI is InChI=1S/C80H108N10O2.4C8H10N4.2Os/c1-6-8-9-20-47-86-52-35-69(36-53-86)67(5)62-75(70-33-43-81-44-34-70)64-76(72-39-56-88(57-40-72)49-22-15-17-32-78(92)83-42-19-11-13-24-51-90-59-46-85-80(90)74-30-26-28-66(4)61-74)63-68(7-2)71-37-54-87(55-38-71)48-21-14-16-31-77(91)82-41-18-10-12-23-50-89-58-45-84-79(89)73-29-25-27-65(3)60-73;4*1-11-5-3-9-7(11)8-10-4-6-12(8)2;;/h25-30,33-40,43-46,52-59,67-68,75-76H,6-24,31-32,41-42,47-51,62-64H2,1-5H3,(H-,82,83,91,92);4*3-6H,1-2H3;;/q;;;;;2*+1/p+1. The number of carbonyl (C=O) groups is 2.